The van der Waals surface area contributed by atoms with Crippen molar-refractivity contribution in [2.75, 3.05) is 5.32 Å². The van der Waals surface area contributed by atoms with Crippen LogP contribution in [0.2, 0.25) is 5.02 Å². The van der Waals surface area contributed by atoms with Crippen molar-refractivity contribution >= 4 is 34.8 Å². The number of nitrogens with zero attached hydrogens (tertiary/aromatic N) is 1. The van der Waals surface area contributed by atoms with E-state index in [1.54, 1.807) is 0 Å². The molecule has 0 saturated heterocycles. The van der Waals surface area contributed by atoms with E-state index in [0.717, 1.165) is 12.1 Å². The summed E-state index contributed by atoms with van der Waals surface area (Å²) in [5.41, 5.74) is 0.0947. The third kappa shape index (κ3) is 4.74. The number of nitrogens with one attached hydrogen (secondary N) is 2. The Morgan fingerprint density at radius 1 is 1.24 bits per heavy atom. The van der Waals surface area contributed by atoms with Gasteiger partial charge < -0.3 is 10.6 Å². The molecule has 0 bridgehead atoms. The van der Waals surface area contributed by atoms with Crippen LogP contribution in [0, 0.1) is 15.9 Å². The summed E-state index contributed by atoms with van der Waals surface area (Å²) >= 11 is 5.63. The van der Waals surface area contributed by atoms with Crippen molar-refractivity contribution in [3.63, 3.8) is 0 Å². The van der Waals surface area contributed by atoms with Gasteiger partial charge in [0.15, 0.2) is 0 Å². The third-order valence-corrected chi connectivity index (χ3v) is 3.54. The minimum absolute atomic E-state index is 0.0543. The van der Waals surface area contributed by atoms with E-state index in [1.807, 2.05) is 0 Å². The lowest BCUT2D eigenvalue weighted by molar-refractivity contribution is -0.384. The first kappa shape index (κ1) is 18.3. The zero-order chi connectivity index (χ0) is 18.6. The molecule has 1 atom stereocenters. The number of carbonyl (C=O) groups is 2. The largest absolute Gasteiger partial charge is 0.341 e. The molecule has 2 rings (SSSR count). The Labute approximate surface area is 146 Å². The fourth-order valence-electron chi connectivity index (χ4n) is 1.93. The van der Waals surface area contributed by atoms with Gasteiger partial charge in [-0.2, -0.15) is 0 Å². The molecule has 0 aliphatic rings. The van der Waals surface area contributed by atoms with Crippen LogP contribution in [0.1, 0.15) is 17.3 Å². The number of non-ortho nitro benzene ring substituents is 1. The van der Waals surface area contributed by atoms with Gasteiger partial charge in [0, 0.05) is 23.4 Å². The highest BCUT2D eigenvalue weighted by molar-refractivity contribution is 6.31. The fourth-order valence-corrected chi connectivity index (χ4v) is 2.11. The van der Waals surface area contributed by atoms with E-state index in [4.69, 9.17) is 11.6 Å². The van der Waals surface area contributed by atoms with Gasteiger partial charge in [0.2, 0.25) is 5.91 Å². The Kier molecular flexibility index (Phi) is 5.66. The molecule has 0 aliphatic heterocycles. The average molecular weight is 366 g/mol. The van der Waals surface area contributed by atoms with Crippen LogP contribution < -0.4 is 10.6 Å². The number of anilines is 1. The highest BCUT2D eigenvalue weighted by Crippen LogP contribution is 2.19. The van der Waals surface area contributed by atoms with E-state index in [0.29, 0.717) is 0 Å². The van der Waals surface area contributed by atoms with Crippen LogP contribution in [0.5, 0.6) is 0 Å². The van der Waals surface area contributed by atoms with E-state index < -0.39 is 28.6 Å². The first-order valence-corrected chi connectivity index (χ1v) is 7.47. The lowest BCUT2D eigenvalue weighted by atomic mass is 10.1. The summed E-state index contributed by atoms with van der Waals surface area (Å²) in [6.07, 6.45) is 0. The second-order valence-electron chi connectivity index (χ2n) is 5.12. The van der Waals surface area contributed by atoms with Crippen molar-refractivity contribution in [3.8, 4) is 0 Å². The zero-order valence-electron chi connectivity index (χ0n) is 13.0. The number of hydrogen-bond acceptors (Lipinski definition) is 4. The summed E-state index contributed by atoms with van der Waals surface area (Å²) in [7, 11) is 0. The van der Waals surface area contributed by atoms with Crippen molar-refractivity contribution in [3.05, 3.63) is 69.0 Å². The van der Waals surface area contributed by atoms with Gasteiger partial charge in [0.05, 0.1) is 9.95 Å². The predicted molar refractivity (Wildman–Crippen MR) is 90.1 cm³/mol. The number of nitro groups is 1. The van der Waals surface area contributed by atoms with Crippen LogP contribution >= 0.6 is 11.6 Å². The van der Waals surface area contributed by atoms with Crippen LogP contribution in [-0.4, -0.2) is 22.8 Å². The maximum atomic E-state index is 13.1. The Morgan fingerprint density at radius 3 is 2.60 bits per heavy atom. The first-order valence-electron chi connectivity index (χ1n) is 7.09. The summed E-state index contributed by atoms with van der Waals surface area (Å²) in [5.74, 6) is -1.81. The highest BCUT2D eigenvalue weighted by atomic mass is 35.5. The molecule has 0 aromatic heterocycles. The van der Waals surface area contributed by atoms with Gasteiger partial charge in [-0.25, -0.2) is 4.39 Å². The topological polar surface area (TPSA) is 101 Å². The third-order valence-electron chi connectivity index (χ3n) is 3.25. The molecule has 0 heterocycles. The van der Waals surface area contributed by atoms with Crippen LogP contribution in [0.4, 0.5) is 15.8 Å². The maximum absolute atomic E-state index is 13.1. The SMILES string of the molecule is CC(NC(=O)c1cccc([N+](=O)[O-])c1)C(=O)Nc1ccc(F)c(Cl)c1. The molecule has 0 radical (unpaired) electrons. The standard InChI is InChI=1S/C16H13ClFN3O4/c1-9(15(22)20-11-5-6-14(18)13(17)8-11)19-16(23)10-3-2-4-12(7-10)21(24)25/h2-9H,1H3,(H,19,23)(H,20,22). The molecule has 2 N–H and O–H groups in total. The molecule has 25 heavy (non-hydrogen) atoms. The summed E-state index contributed by atoms with van der Waals surface area (Å²) in [5, 5.41) is 15.5. The van der Waals surface area contributed by atoms with Crippen molar-refractivity contribution in [2.24, 2.45) is 0 Å². The van der Waals surface area contributed by atoms with Crippen molar-refractivity contribution < 1.29 is 18.9 Å². The Morgan fingerprint density at radius 2 is 1.96 bits per heavy atom. The normalized spacial score (nSPS) is 11.5. The molecule has 0 saturated carbocycles. The molecule has 130 valence electrons. The summed E-state index contributed by atoms with van der Waals surface area (Å²) in [6, 6.07) is 7.87. The van der Waals surface area contributed by atoms with E-state index in [2.05, 4.69) is 10.6 Å². The molecule has 0 spiro atoms. The Balaban J connectivity index is 2.02. The van der Waals surface area contributed by atoms with Gasteiger partial charge in [-0.05, 0) is 31.2 Å². The van der Waals surface area contributed by atoms with Crippen molar-refractivity contribution in [2.45, 2.75) is 13.0 Å². The number of nitro benzene ring substituents is 1. The van der Waals surface area contributed by atoms with E-state index in [9.17, 15) is 24.1 Å². The van der Waals surface area contributed by atoms with Gasteiger partial charge >= 0.3 is 0 Å². The molecular formula is C16H13ClFN3O4. The second-order valence-corrected chi connectivity index (χ2v) is 5.53. The lowest BCUT2D eigenvalue weighted by Crippen LogP contribution is -2.41. The Bertz CT molecular complexity index is 844. The highest BCUT2D eigenvalue weighted by Gasteiger charge is 2.18. The zero-order valence-corrected chi connectivity index (χ0v) is 13.7. The van der Waals surface area contributed by atoms with Crippen molar-refractivity contribution in [1.82, 2.24) is 5.32 Å². The van der Waals surface area contributed by atoms with Crippen LogP contribution in [0.3, 0.4) is 0 Å². The van der Waals surface area contributed by atoms with Crippen LogP contribution in [-0.2, 0) is 4.79 Å². The molecule has 0 aliphatic carbocycles. The molecule has 1 unspecified atom stereocenters. The smallest absolute Gasteiger partial charge is 0.270 e. The fraction of sp³-hybridized carbons (Fsp3) is 0.125. The van der Waals surface area contributed by atoms with E-state index in [-0.39, 0.29) is 22.0 Å². The molecule has 2 aromatic carbocycles. The predicted octanol–water partition coefficient (Wildman–Crippen LogP) is 3.14. The number of benzene rings is 2. The molecule has 2 aromatic rings. The molecule has 9 heteroatoms. The molecule has 2 amide bonds. The number of carbonyl (C=O) groups excluding carboxylic acids is 2. The van der Waals surface area contributed by atoms with Gasteiger partial charge in [0.25, 0.3) is 11.6 Å². The molecule has 7 nitrogen and oxygen atoms in total. The van der Waals surface area contributed by atoms with Gasteiger partial charge in [0.1, 0.15) is 11.9 Å². The van der Waals surface area contributed by atoms with Gasteiger partial charge in [-0.3, -0.25) is 19.7 Å². The molecule has 0 fully saturated rings. The monoisotopic (exact) mass is 365 g/mol. The number of halogens is 2. The Hall–Kier alpha value is -3.00. The maximum Gasteiger partial charge on any atom is 0.270 e. The second kappa shape index (κ2) is 7.71. The number of amides is 2. The first-order chi connectivity index (χ1) is 11.8. The van der Waals surface area contributed by atoms with Crippen LogP contribution in [0.15, 0.2) is 42.5 Å². The van der Waals surface area contributed by atoms with Crippen molar-refractivity contribution in [1.29, 1.82) is 0 Å². The van der Waals surface area contributed by atoms with Crippen LogP contribution in [0.25, 0.3) is 0 Å². The van der Waals surface area contributed by atoms with E-state index >= 15 is 0 Å². The lowest BCUT2D eigenvalue weighted by Gasteiger charge is -2.14. The summed E-state index contributed by atoms with van der Waals surface area (Å²) in [6.45, 7) is 1.44. The van der Waals surface area contributed by atoms with E-state index in [1.165, 1.54) is 37.3 Å². The van der Waals surface area contributed by atoms with Gasteiger partial charge in [-0.1, -0.05) is 17.7 Å². The number of hydrogen-bond donors (Lipinski definition) is 2. The summed E-state index contributed by atoms with van der Waals surface area (Å²) in [4.78, 5) is 34.3. The minimum atomic E-state index is -0.935. The minimum Gasteiger partial charge on any atom is -0.341 e. The van der Waals surface area contributed by atoms with Gasteiger partial charge in [-0.15, -0.1) is 0 Å². The number of rotatable bonds is 5. The summed E-state index contributed by atoms with van der Waals surface area (Å²) < 4.78 is 13.1. The molecular weight excluding hydrogens is 353 g/mol. The average Bonchev–Trinajstić information content (AvgIpc) is 2.58. The quantitative estimate of drug-likeness (QED) is 0.627.